The van der Waals surface area contributed by atoms with Gasteiger partial charge in [0.05, 0.1) is 13.2 Å². The van der Waals surface area contributed by atoms with Crippen molar-refractivity contribution in [3.05, 3.63) is 65.7 Å². The second kappa shape index (κ2) is 15.5. The predicted octanol–water partition coefficient (Wildman–Crippen LogP) is 3.38. The van der Waals surface area contributed by atoms with Crippen molar-refractivity contribution < 1.29 is 14.3 Å². The van der Waals surface area contributed by atoms with Crippen molar-refractivity contribution in [2.45, 2.75) is 19.4 Å². The van der Waals surface area contributed by atoms with Crippen LogP contribution in [-0.4, -0.2) is 52.3 Å². The molecule has 1 unspecified atom stereocenters. The molecular formula is C23H33IN4O3. The van der Waals surface area contributed by atoms with E-state index in [1.165, 1.54) is 5.56 Å². The Morgan fingerprint density at radius 1 is 1.00 bits per heavy atom. The zero-order valence-corrected chi connectivity index (χ0v) is 20.7. The third kappa shape index (κ3) is 10.0. The van der Waals surface area contributed by atoms with E-state index in [0.717, 1.165) is 13.0 Å². The summed E-state index contributed by atoms with van der Waals surface area (Å²) in [6.07, 6.45) is 0.946. The SMILES string of the molecule is CN=C(NCCCOC(C)c1ccccc1)NCCNC(=O)c1cccc(OC)c1.I. The average molecular weight is 540 g/mol. The number of amides is 1. The minimum Gasteiger partial charge on any atom is -0.497 e. The normalized spacial score (nSPS) is 11.8. The average Bonchev–Trinajstić information content (AvgIpc) is 2.80. The van der Waals surface area contributed by atoms with Gasteiger partial charge in [-0.05, 0) is 37.1 Å². The van der Waals surface area contributed by atoms with Crippen molar-refractivity contribution in [1.82, 2.24) is 16.0 Å². The topological polar surface area (TPSA) is 84.0 Å². The molecule has 7 nitrogen and oxygen atoms in total. The molecule has 0 saturated heterocycles. The number of nitrogens with zero attached hydrogens (tertiary/aromatic N) is 1. The van der Waals surface area contributed by atoms with Gasteiger partial charge in [-0.2, -0.15) is 0 Å². The molecule has 0 aliphatic heterocycles. The van der Waals surface area contributed by atoms with Crippen LogP contribution in [0.15, 0.2) is 59.6 Å². The Balaban J connectivity index is 0.00000480. The Kier molecular flexibility index (Phi) is 13.3. The molecule has 0 heterocycles. The molecule has 31 heavy (non-hydrogen) atoms. The van der Waals surface area contributed by atoms with Crippen molar-refractivity contribution in [3.8, 4) is 5.75 Å². The molecule has 8 heteroatoms. The number of nitrogens with one attached hydrogen (secondary N) is 3. The van der Waals surface area contributed by atoms with Crippen molar-refractivity contribution in [2.75, 3.05) is 40.4 Å². The number of benzene rings is 2. The summed E-state index contributed by atoms with van der Waals surface area (Å²) in [6, 6.07) is 17.3. The maximum Gasteiger partial charge on any atom is 0.251 e. The monoisotopic (exact) mass is 540 g/mol. The van der Waals surface area contributed by atoms with E-state index >= 15 is 0 Å². The fourth-order valence-electron chi connectivity index (χ4n) is 2.80. The predicted molar refractivity (Wildman–Crippen MR) is 136 cm³/mol. The van der Waals surface area contributed by atoms with Gasteiger partial charge in [0, 0.05) is 38.9 Å². The number of carbonyl (C=O) groups excluding carboxylic acids is 1. The number of hydrogen-bond donors (Lipinski definition) is 3. The van der Waals surface area contributed by atoms with Crippen molar-refractivity contribution >= 4 is 35.8 Å². The van der Waals surface area contributed by atoms with Gasteiger partial charge in [-0.3, -0.25) is 9.79 Å². The van der Waals surface area contributed by atoms with E-state index in [2.05, 4.69) is 40.0 Å². The van der Waals surface area contributed by atoms with Gasteiger partial charge in [0.1, 0.15) is 5.75 Å². The number of ether oxygens (including phenoxy) is 2. The van der Waals surface area contributed by atoms with Gasteiger partial charge in [0.2, 0.25) is 0 Å². The van der Waals surface area contributed by atoms with Crippen LogP contribution in [0, 0.1) is 0 Å². The molecule has 0 aromatic heterocycles. The molecule has 2 rings (SSSR count). The molecule has 2 aromatic carbocycles. The highest BCUT2D eigenvalue weighted by molar-refractivity contribution is 14.0. The van der Waals surface area contributed by atoms with Crippen LogP contribution in [0.3, 0.4) is 0 Å². The Bertz CT molecular complexity index is 802. The number of hydrogen-bond acceptors (Lipinski definition) is 4. The summed E-state index contributed by atoms with van der Waals surface area (Å²) in [4.78, 5) is 16.4. The lowest BCUT2D eigenvalue weighted by atomic mass is 10.1. The van der Waals surface area contributed by atoms with Gasteiger partial charge in [0.25, 0.3) is 5.91 Å². The lowest BCUT2D eigenvalue weighted by Crippen LogP contribution is -2.42. The summed E-state index contributed by atoms with van der Waals surface area (Å²) in [5.74, 6) is 1.22. The number of halogens is 1. The lowest BCUT2D eigenvalue weighted by Gasteiger charge is -2.15. The maximum atomic E-state index is 12.2. The first-order valence-electron chi connectivity index (χ1n) is 10.2. The summed E-state index contributed by atoms with van der Waals surface area (Å²) in [7, 11) is 3.30. The molecular weight excluding hydrogens is 507 g/mol. The minimum atomic E-state index is -0.136. The molecule has 0 bridgehead atoms. The fraction of sp³-hybridized carbons (Fsp3) is 0.391. The minimum absolute atomic E-state index is 0. The van der Waals surface area contributed by atoms with Gasteiger partial charge in [-0.25, -0.2) is 0 Å². The number of aliphatic imine (C=N–C) groups is 1. The first kappa shape index (κ1) is 26.7. The fourth-order valence-corrected chi connectivity index (χ4v) is 2.80. The highest BCUT2D eigenvalue weighted by Crippen LogP contribution is 2.15. The Labute approximate surface area is 202 Å². The molecule has 170 valence electrons. The quantitative estimate of drug-likeness (QED) is 0.176. The highest BCUT2D eigenvalue weighted by atomic mass is 127. The van der Waals surface area contributed by atoms with Crippen LogP contribution in [0.4, 0.5) is 0 Å². The molecule has 0 radical (unpaired) electrons. The Morgan fingerprint density at radius 2 is 1.71 bits per heavy atom. The van der Waals surface area contributed by atoms with Crippen molar-refractivity contribution in [2.24, 2.45) is 4.99 Å². The summed E-state index contributed by atoms with van der Waals surface area (Å²) in [5, 5.41) is 9.30. The van der Waals surface area contributed by atoms with E-state index in [-0.39, 0.29) is 36.0 Å². The summed E-state index contributed by atoms with van der Waals surface area (Å²) < 4.78 is 11.0. The van der Waals surface area contributed by atoms with Gasteiger partial charge in [-0.1, -0.05) is 36.4 Å². The van der Waals surface area contributed by atoms with E-state index in [0.29, 0.717) is 37.0 Å². The molecule has 0 saturated carbocycles. The Morgan fingerprint density at radius 3 is 2.42 bits per heavy atom. The zero-order chi connectivity index (χ0) is 21.6. The first-order valence-corrected chi connectivity index (χ1v) is 10.2. The third-order valence-electron chi connectivity index (χ3n) is 4.51. The summed E-state index contributed by atoms with van der Waals surface area (Å²) in [6.45, 7) is 4.52. The lowest BCUT2D eigenvalue weighted by molar-refractivity contribution is 0.0646. The van der Waals surface area contributed by atoms with E-state index < -0.39 is 0 Å². The number of rotatable bonds is 11. The van der Waals surface area contributed by atoms with E-state index in [1.54, 1.807) is 38.4 Å². The molecule has 1 amide bonds. The smallest absolute Gasteiger partial charge is 0.251 e. The molecule has 3 N–H and O–H groups in total. The van der Waals surface area contributed by atoms with Crippen molar-refractivity contribution in [3.63, 3.8) is 0 Å². The van der Waals surface area contributed by atoms with Crippen LogP contribution in [0.5, 0.6) is 5.75 Å². The van der Waals surface area contributed by atoms with Gasteiger partial charge >= 0.3 is 0 Å². The van der Waals surface area contributed by atoms with E-state index in [9.17, 15) is 4.79 Å². The molecule has 0 aliphatic rings. The molecule has 0 fully saturated rings. The van der Waals surface area contributed by atoms with Gasteiger partial charge in [-0.15, -0.1) is 24.0 Å². The van der Waals surface area contributed by atoms with Crippen LogP contribution in [-0.2, 0) is 4.74 Å². The Hall–Kier alpha value is -2.33. The molecule has 0 spiro atoms. The summed E-state index contributed by atoms with van der Waals surface area (Å²) in [5.41, 5.74) is 1.75. The second-order valence-electron chi connectivity index (χ2n) is 6.69. The zero-order valence-electron chi connectivity index (χ0n) is 18.4. The number of guanidine groups is 1. The molecule has 1 atom stereocenters. The number of methoxy groups -OCH3 is 1. The van der Waals surface area contributed by atoms with Crippen LogP contribution in [0.2, 0.25) is 0 Å². The molecule has 2 aromatic rings. The van der Waals surface area contributed by atoms with Gasteiger partial charge < -0.3 is 25.4 Å². The number of carbonyl (C=O) groups is 1. The highest BCUT2D eigenvalue weighted by Gasteiger charge is 2.06. The van der Waals surface area contributed by atoms with Gasteiger partial charge in [0.15, 0.2) is 5.96 Å². The maximum absolute atomic E-state index is 12.2. The standard InChI is InChI=1S/C23H32N4O3.HI/c1-18(19-9-5-4-6-10-19)30-16-8-13-26-23(24-2)27-15-14-25-22(28)20-11-7-12-21(17-20)29-3;/h4-7,9-12,17-18H,8,13-16H2,1-3H3,(H,25,28)(H2,24,26,27);1H. The van der Waals surface area contributed by atoms with Crippen LogP contribution in [0.1, 0.15) is 35.4 Å². The molecule has 0 aliphatic carbocycles. The van der Waals surface area contributed by atoms with E-state index in [1.807, 2.05) is 18.2 Å². The van der Waals surface area contributed by atoms with Crippen LogP contribution in [0.25, 0.3) is 0 Å². The van der Waals surface area contributed by atoms with Crippen LogP contribution < -0.4 is 20.7 Å². The first-order chi connectivity index (χ1) is 14.6. The van der Waals surface area contributed by atoms with Crippen molar-refractivity contribution in [1.29, 1.82) is 0 Å². The third-order valence-corrected chi connectivity index (χ3v) is 4.51. The second-order valence-corrected chi connectivity index (χ2v) is 6.69. The largest absolute Gasteiger partial charge is 0.497 e. The van der Waals surface area contributed by atoms with Crippen LogP contribution >= 0.6 is 24.0 Å². The van der Waals surface area contributed by atoms with E-state index in [4.69, 9.17) is 9.47 Å². The summed E-state index contributed by atoms with van der Waals surface area (Å²) >= 11 is 0.